The van der Waals surface area contributed by atoms with Crippen LogP contribution in [0.2, 0.25) is 5.02 Å². The Morgan fingerprint density at radius 2 is 2.11 bits per heavy atom. The van der Waals surface area contributed by atoms with Crippen molar-refractivity contribution in [2.24, 2.45) is 0 Å². The molecule has 0 saturated carbocycles. The van der Waals surface area contributed by atoms with Crippen LogP contribution >= 0.6 is 27.5 Å². The minimum atomic E-state index is -0.914. The highest BCUT2D eigenvalue weighted by molar-refractivity contribution is 9.10. The Kier molecular flexibility index (Phi) is 4.32. The molecule has 0 fully saturated rings. The van der Waals surface area contributed by atoms with Gasteiger partial charge in [-0.15, -0.1) is 0 Å². The maximum Gasteiger partial charge on any atom is 0.352 e. The van der Waals surface area contributed by atoms with Crippen molar-refractivity contribution in [3.8, 4) is 11.3 Å². The fraction of sp³-hybridized carbons (Fsp3) is 0.214. The predicted molar refractivity (Wildman–Crippen MR) is 79.8 cm³/mol. The van der Waals surface area contributed by atoms with Gasteiger partial charge in [-0.2, -0.15) is 0 Å². The highest BCUT2D eigenvalue weighted by Gasteiger charge is 2.15. The monoisotopic (exact) mass is 341 g/mol. The first-order chi connectivity index (χ1) is 9.04. The molecule has 5 heteroatoms. The summed E-state index contributed by atoms with van der Waals surface area (Å²) in [6.07, 6.45) is 0.867. The number of aromatic nitrogens is 1. The van der Waals surface area contributed by atoms with Crippen LogP contribution in [0.5, 0.6) is 0 Å². The third-order valence-electron chi connectivity index (χ3n) is 2.86. The normalized spacial score (nSPS) is 10.7. The highest BCUT2D eigenvalue weighted by atomic mass is 79.9. The molecular weight excluding hydrogens is 330 g/mol. The van der Waals surface area contributed by atoms with Crippen molar-refractivity contribution in [2.75, 3.05) is 0 Å². The molecule has 0 aliphatic rings. The molecule has 19 heavy (non-hydrogen) atoms. The minimum absolute atomic E-state index is 0.302. The van der Waals surface area contributed by atoms with Crippen LogP contribution in [0, 0.1) is 0 Å². The number of carbonyl (C=O) groups is 1. The summed E-state index contributed by atoms with van der Waals surface area (Å²) >= 11 is 9.44. The van der Waals surface area contributed by atoms with E-state index >= 15 is 0 Å². The number of carboxylic acid groups (broad SMARTS) is 1. The fourth-order valence-corrected chi connectivity index (χ4v) is 2.45. The van der Waals surface area contributed by atoms with Gasteiger partial charge in [-0.25, -0.2) is 4.79 Å². The first kappa shape index (κ1) is 14.2. The third-order valence-corrected chi connectivity index (χ3v) is 4.09. The third kappa shape index (κ3) is 2.85. The molecule has 1 N–H and O–H groups in total. The molecule has 1 aromatic carbocycles. The molecule has 3 nitrogen and oxygen atoms in total. The van der Waals surface area contributed by atoms with E-state index in [1.54, 1.807) is 6.07 Å². The van der Waals surface area contributed by atoms with E-state index in [9.17, 15) is 9.90 Å². The molecule has 0 radical (unpaired) electrons. The highest BCUT2D eigenvalue weighted by Crippen LogP contribution is 2.30. The van der Waals surface area contributed by atoms with Gasteiger partial charge >= 0.3 is 5.97 Å². The van der Waals surface area contributed by atoms with Crippen molar-refractivity contribution in [3.63, 3.8) is 0 Å². The molecular formula is C14H13BrClNO2. The first-order valence-corrected chi connectivity index (χ1v) is 7.10. The Balaban J connectivity index is 2.55. The lowest BCUT2D eigenvalue weighted by molar-refractivity contribution is 0.0685. The van der Waals surface area contributed by atoms with Crippen LogP contribution in [0.15, 0.2) is 34.8 Å². The number of rotatable bonds is 4. The SMILES string of the molecule is CCCn1c(C(=O)O)ccc1-c1ccc(Br)c(Cl)c1. The minimum Gasteiger partial charge on any atom is -0.477 e. The molecule has 2 aromatic rings. The second-order valence-electron chi connectivity index (χ2n) is 4.19. The zero-order valence-corrected chi connectivity index (χ0v) is 12.7. The maximum absolute atomic E-state index is 11.2. The van der Waals surface area contributed by atoms with E-state index in [2.05, 4.69) is 15.9 Å². The second kappa shape index (κ2) is 5.80. The Morgan fingerprint density at radius 3 is 2.68 bits per heavy atom. The number of hydrogen-bond donors (Lipinski definition) is 1. The van der Waals surface area contributed by atoms with Crippen molar-refractivity contribution in [2.45, 2.75) is 19.9 Å². The number of nitrogens with zero attached hydrogens (tertiary/aromatic N) is 1. The van der Waals surface area contributed by atoms with E-state index in [-0.39, 0.29) is 0 Å². The number of halogens is 2. The van der Waals surface area contributed by atoms with Crippen LogP contribution in [0.3, 0.4) is 0 Å². The maximum atomic E-state index is 11.2. The predicted octanol–water partition coefficient (Wildman–Crippen LogP) is 4.68. The molecule has 1 heterocycles. The molecule has 0 atom stereocenters. The van der Waals surface area contributed by atoms with E-state index < -0.39 is 5.97 Å². The largest absolute Gasteiger partial charge is 0.477 e. The molecule has 0 unspecified atom stereocenters. The van der Waals surface area contributed by atoms with Gasteiger partial charge in [0.15, 0.2) is 0 Å². The van der Waals surface area contributed by atoms with E-state index in [1.807, 2.05) is 35.8 Å². The molecule has 0 bridgehead atoms. The van der Waals surface area contributed by atoms with Crippen LogP contribution in [0.1, 0.15) is 23.8 Å². The van der Waals surface area contributed by atoms with Crippen LogP contribution < -0.4 is 0 Å². The van der Waals surface area contributed by atoms with E-state index in [1.165, 1.54) is 0 Å². The molecule has 0 aliphatic heterocycles. The van der Waals surface area contributed by atoms with Crippen molar-refractivity contribution in [1.29, 1.82) is 0 Å². The zero-order chi connectivity index (χ0) is 14.0. The molecule has 0 amide bonds. The molecule has 2 rings (SSSR count). The number of carboxylic acids is 1. The Hall–Kier alpha value is -1.26. The van der Waals surface area contributed by atoms with Crippen molar-refractivity contribution >= 4 is 33.5 Å². The molecule has 0 aliphatic carbocycles. The van der Waals surface area contributed by atoms with Gasteiger partial charge in [-0.1, -0.05) is 24.6 Å². The summed E-state index contributed by atoms with van der Waals surface area (Å²) in [6.45, 7) is 2.68. The van der Waals surface area contributed by atoms with Gasteiger partial charge in [-0.3, -0.25) is 0 Å². The Labute approximate surface area is 124 Å². The van der Waals surface area contributed by atoms with Gasteiger partial charge in [0.2, 0.25) is 0 Å². The summed E-state index contributed by atoms with van der Waals surface area (Å²) in [6, 6.07) is 9.06. The van der Waals surface area contributed by atoms with Gasteiger partial charge in [0.05, 0.1) is 5.02 Å². The molecule has 0 spiro atoms. The summed E-state index contributed by atoms with van der Waals surface area (Å²) in [7, 11) is 0. The van der Waals surface area contributed by atoms with Crippen molar-refractivity contribution < 1.29 is 9.90 Å². The van der Waals surface area contributed by atoms with Crippen molar-refractivity contribution in [3.05, 3.63) is 45.5 Å². The van der Waals surface area contributed by atoms with Crippen molar-refractivity contribution in [1.82, 2.24) is 4.57 Å². The van der Waals surface area contributed by atoms with Crippen LogP contribution in [0.4, 0.5) is 0 Å². The van der Waals surface area contributed by atoms with E-state index in [4.69, 9.17) is 11.6 Å². The average Bonchev–Trinajstić information content (AvgIpc) is 2.77. The van der Waals surface area contributed by atoms with E-state index in [0.717, 1.165) is 22.2 Å². The standard InChI is InChI=1S/C14H13BrClNO2/c1-2-7-17-12(5-6-13(17)14(18)19)9-3-4-10(15)11(16)8-9/h3-6,8H,2,7H2,1H3,(H,18,19). The van der Waals surface area contributed by atoms with E-state index in [0.29, 0.717) is 17.3 Å². The topological polar surface area (TPSA) is 42.2 Å². The Bertz CT molecular complexity index is 622. The number of aromatic carboxylic acids is 1. The second-order valence-corrected chi connectivity index (χ2v) is 5.45. The first-order valence-electron chi connectivity index (χ1n) is 5.92. The fourth-order valence-electron chi connectivity index (χ4n) is 2.03. The average molecular weight is 343 g/mol. The lowest BCUT2D eigenvalue weighted by Crippen LogP contribution is -2.09. The zero-order valence-electron chi connectivity index (χ0n) is 10.4. The molecule has 0 saturated heterocycles. The van der Waals surface area contributed by atoms with Gasteiger partial charge < -0.3 is 9.67 Å². The summed E-state index contributed by atoms with van der Waals surface area (Å²) < 4.78 is 2.63. The van der Waals surface area contributed by atoms with Crippen LogP contribution in [-0.2, 0) is 6.54 Å². The van der Waals surface area contributed by atoms with Gasteiger partial charge in [0.25, 0.3) is 0 Å². The quantitative estimate of drug-likeness (QED) is 0.876. The van der Waals surface area contributed by atoms with Crippen LogP contribution in [0.25, 0.3) is 11.3 Å². The van der Waals surface area contributed by atoms with Gasteiger partial charge in [0, 0.05) is 16.7 Å². The van der Waals surface area contributed by atoms with Gasteiger partial charge in [0.1, 0.15) is 5.69 Å². The summed E-state index contributed by atoms with van der Waals surface area (Å²) in [4.78, 5) is 11.2. The molecule has 1 aromatic heterocycles. The Morgan fingerprint density at radius 1 is 1.37 bits per heavy atom. The summed E-state index contributed by atoms with van der Waals surface area (Å²) in [5.74, 6) is -0.914. The lowest BCUT2D eigenvalue weighted by Gasteiger charge is -2.11. The number of hydrogen-bond acceptors (Lipinski definition) is 1. The lowest BCUT2D eigenvalue weighted by atomic mass is 10.1. The molecule has 100 valence electrons. The van der Waals surface area contributed by atoms with Gasteiger partial charge in [-0.05, 0) is 52.2 Å². The number of benzene rings is 1. The summed E-state index contributed by atoms with van der Waals surface area (Å²) in [5.41, 5.74) is 2.08. The summed E-state index contributed by atoms with van der Waals surface area (Å²) in [5, 5.41) is 9.81. The van der Waals surface area contributed by atoms with Crippen LogP contribution in [-0.4, -0.2) is 15.6 Å². The smallest absolute Gasteiger partial charge is 0.352 e.